The number of nitrogens with zero attached hydrogens (tertiary/aromatic N) is 1. The number of nitrogens with one attached hydrogen (secondary N) is 1. The lowest BCUT2D eigenvalue weighted by Gasteiger charge is -2.34. The van der Waals surface area contributed by atoms with Crippen LogP contribution in [0.5, 0.6) is 0 Å². The molecule has 6 atom stereocenters. The van der Waals surface area contributed by atoms with Crippen LogP contribution in [0.25, 0.3) is 0 Å². The van der Waals surface area contributed by atoms with E-state index in [2.05, 4.69) is 21.2 Å². The van der Waals surface area contributed by atoms with Gasteiger partial charge in [-0.15, -0.1) is 0 Å². The number of ether oxygens (including phenoxy) is 2. The SMILES string of the molecule is CCCCNC(=O)[C@H]1N(CCCCO)C(=O)[C@@H]2[C@@H](C(=O)OCC)[C@@H]3O[C@@]21CC3Br. The summed E-state index contributed by atoms with van der Waals surface area (Å²) in [5, 5.41) is 12.1. The second-order valence-corrected chi connectivity index (χ2v) is 9.20. The van der Waals surface area contributed by atoms with E-state index in [0.717, 1.165) is 12.8 Å². The first-order valence-corrected chi connectivity index (χ1v) is 11.5. The Labute approximate surface area is 179 Å². The molecule has 0 saturated carbocycles. The number of carbonyl (C=O) groups excluding carboxylic acids is 3. The average molecular weight is 475 g/mol. The van der Waals surface area contributed by atoms with Crippen molar-refractivity contribution in [2.75, 3.05) is 26.3 Å². The van der Waals surface area contributed by atoms with Crippen molar-refractivity contribution < 1.29 is 29.0 Å². The van der Waals surface area contributed by atoms with Gasteiger partial charge in [0.05, 0.1) is 24.5 Å². The highest BCUT2D eigenvalue weighted by molar-refractivity contribution is 9.09. The van der Waals surface area contributed by atoms with Crippen molar-refractivity contribution >= 4 is 33.7 Å². The first-order chi connectivity index (χ1) is 13.9. The van der Waals surface area contributed by atoms with Gasteiger partial charge in [-0.05, 0) is 32.6 Å². The molecule has 0 aromatic heterocycles. The van der Waals surface area contributed by atoms with Gasteiger partial charge in [0.25, 0.3) is 0 Å². The van der Waals surface area contributed by atoms with Crippen LogP contribution >= 0.6 is 15.9 Å². The summed E-state index contributed by atoms with van der Waals surface area (Å²) in [6.45, 7) is 4.91. The van der Waals surface area contributed by atoms with Crippen LogP contribution in [0.2, 0.25) is 0 Å². The molecular weight excluding hydrogens is 444 g/mol. The highest BCUT2D eigenvalue weighted by Crippen LogP contribution is 2.60. The molecule has 3 saturated heterocycles. The third-order valence-electron chi connectivity index (χ3n) is 6.23. The number of aliphatic hydroxyl groups excluding tert-OH is 1. The van der Waals surface area contributed by atoms with Crippen molar-refractivity contribution in [2.24, 2.45) is 11.8 Å². The van der Waals surface area contributed by atoms with Gasteiger partial charge < -0.3 is 24.8 Å². The lowest BCUT2D eigenvalue weighted by molar-refractivity contribution is -0.154. The lowest BCUT2D eigenvalue weighted by Crippen LogP contribution is -2.56. The fourth-order valence-electron chi connectivity index (χ4n) is 5.06. The number of amides is 2. The second-order valence-electron chi connectivity index (χ2n) is 8.02. The normalized spacial score (nSPS) is 35.1. The maximum atomic E-state index is 13.4. The summed E-state index contributed by atoms with van der Waals surface area (Å²) in [7, 11) is 0. The largest absolute Gasteiger partial charge is 0.466 e. The number of rotatable bonds is 10. The van der Waals surface area contributed by atoms with Gasteiger partial charge >= 0.3 is 5.97 Å². The third kappa shape index (κ3) is 3.81. The minimum Gasteiger partial charge on any atom is -0.466 e. The monoisotopic (exact) mass is 474 g/mol. The number of hydrogen-bond donors (Lipinski definition) is 2. The molecule has 3 fully saturated rings. The van der Waals surface area contributed by atoms with Gasteiger partial charge in [0.15, 0.2) is 0 Å². The summed E-state index contributed by atoms with van der Waals surface area (Å²) in [4.78, 5) is 40.7. The molecule has 9 heteroatoms. The highest BCUT2D eigenvalue weighted by atomic mass is 79.9. The molecule has 1 unspecified atom stereocenters. The number of aliphatic hydroxyl groups is 1. The minimum atomic E-state index is -1.02. The molecule has 164 valence electrons. The van der Waals surface area contributed by atoms with Crippen LogP contribution in [0.15, 0.2) is 0 Å². The van der Waals surface area contributed by atoms with Crippen molar-refractivity contribution in [2.45, 2.75) is 68.5 Å². The van der Waals surface area contributed by atoms with Crippen LogP contribution in [0, 0.1) is 11.8 Å². The molecule has 3 aliphatic heterocycles. The predicted octanol–water partition coefficient (Wildman–Crippen LogP) is 0.986. The van der Waals surface area contributed by atoms with E-state index >= 15 is 0 Å². The Kier molecular flexibility index (Phi) is 7.22. The van der Waals surface area contributed by atoms with E-state index < -0.39 is 35.6 Å². The zero-order valence-corrected chi connectivity index (χ0v) is 18.7. The smallest absolute Gasteiger partial charge is 0.312 e. The van der Waals surface area contributed by atoms with E-state index in [1.165, 1.54) is 0 Å². The Hall–Kier alpha value is -1.19. The van der Waals surface area contributed by atoms with Crippen LogP contribution in [-0.4, -0.2) is 76.7 Å². The fraction of sp³-hybridized carbons (Fsp3) is 0.850. The summed E-state index contributed by atoms with van der Waals surface area (Å²) < 4.78 is 11.5. The Morgan fingerprint density at radius 2 is 2.10 bits per heavy atom. The van der Waals surface area contributed by atoms with E-state index in [4.69, 9.17) is 14.6 Å². The maximum absolute atomic E-state index is 13.4. The van der Waals surface area contributed by atoms with Crippen LogP contribution in [0.4, 0.5) is 0 Å². The Bertz CT molecular complexity index is 646. The van der Waals surface area contributed by atoms with Crippen LogP contribution in [-0.2, 0) is 23.9 Å². The molecule has 8 nitrogen and oxygen atoms in total. The first-order valence-electron chi connectivity index (χ1n) is 10.6. The van der Waals surface area contributed by atoms with Crippen LogP contribution in [0.3, 0.4) is 0 Å². The highest BCUT2D eigenvalue weighted by Gasteiger charge is 2.76. The van der Waals surface area contributed by atoms with Crippen molar-refractivity contribution in [1.29, 1.82) is 0 Å². The summed E-state index contributed by atoms with van der Waals surface area (Å²) in [6.07, 6.45) is 2.93. The van der Waals surface area contributed by atoms with E-state index in [1.54, 1.807) is 11.8 Å². The summed E-state index contributed by atoms with van der Waals surface area (Å²) in [6, 6.07) is -0.778. The predicted molar refractivity (Wildman–Crippen MR) is 108 cm³/mol. The van der Waals surface area contributed by atoms with E-state index in [-0.39, 0.29) is 29.9 Å². The van der Waals surface area contributed by atoms with Crippen molar-refractivity contribution in [3.63, 3.8) is 0 Å². The van der Waals surface area contributed by atoms with E-state index in [1.807, 2.05) is 6.92 Å². The Morgan fingerprint density at radius 1 is 1.34 bits per heavy atom. The van der Waals surface area contributed by atoms with E-state index in [0.29, 0.717) is 32.4 Å². The molecule has 0 aliphatic carbocycles. The molecule has 0 radical (unpaired) electrons. The number of hydrogen-bond acceptors (Lipinski definition) is 6. The summed E-state index contributed by atoms with van der Waals surface area (Å²) in [5.74, 6) is -2.32. The lowest BCUT2D eigenvalue weighted by atomic mass is 9.70. The molecule has 29 heavy (non-hydrogen) atoms. The zero-order valence-electron chi connectivity index (χ0n) is 17.1. The van der Waals surface area contributed by atoms with Gasteiger partial charge in [-0.2, -0.15) is 0 Å². The van der Waals surface area contributed by atoms with Gasteiger partial charge in [-0.25, -0.2) is 0 Å². The van der Waals surface area contributed by atoms with E-state index in [9.17, 15) is 14.4 Å². The molecule has 0 aromatic carbocycles. The molecule has 2 amide bonds. The molecule has 3 aliphatic rings. The molecule has 3 rings (SSSR count). The van der Waals surface area contributed by atoms with Crippen molar-refractivity contribution in [3.8, 4) is 0 Å². The van der Waals surface area contributed by atoms with Gasteiger partial charge in [0.2, 0.25) is 11.8 Å². The second kappa shape index (κ2) is 9.31. The molecule has 2 N–H and O–H groups in total. The molecular formula is C20H31BrN2O6. The number of unbranched alkanes of at least 4 members (excludes halogenated alkanes) is 2. The Morgan fingerprint density at radius 3 is 2.76 bits per heavy atom. The van der Waals surface area contributed by atoms with Crippen LogP contribution < -0.4 is 5.32 Å². The van der Waals surface area contributed by atoms with Crippen LogP contribution in [0.1, 0.15) is 46.0 Å². The number of halogens is 1. The standard InChI is InChI=1S/C20H31BrN2O6/c1-3-5-8-22-17(25)16-20-11-12(21)15(29-20)13(19(27)28-4-2)14(20)18(26)23(16)9-6-7-10-24/h12-16,24H,3-11H2,1-2H3,(H,22,25)/t12?,13-,14+,15-,16-,20+/m1/s1. The zero-order chi connectivity index (χ0) is 21.2. The summed E-state index contributed by atoms with van der Waals surface area (Å²) >= 11 is 3.60. The van der Waals surface area contributed by atoms with Gasteiger partial charge in [-0.1, -0.05) is 29.3 Å². The number of alkyl halides is 1. The van der Waals surface area contributed by atoms with Crippen molar-refractivity contribution in [3.05, 3.63) is 0 Å². The first kappa shape index (κ1) is 22.5. The minimum absolute atomic E-state index is 0.0253. The number of esters is 1. The number of carbonyl (C=O) groups is 3. The van der Waals surface area contributed by atoms with Gasteiger partial charge in [0, 0.05) is 24.5 Å². The number of fused-ring (bicyclic) bond motifs is 1. The maximum Gasteiger partial charge on any atom is 0.312 e. The average Bonchev–Trinajstić information content (AvgIpc) is 3.26. The topological polar surface area (TPSA) is 105 Å². The Balaban J connectivity index is 1.92. The fourth-order valence-corrected chi connectivity index (χ4v) is 6.00. The third-order valence-corrected chi connectivity index (χ3v) is 7.08. The van der Waals surface area contributed by atoms with Gasteiger partial charge in [0.1, 0.15) is 11.6 Å². The molecule has 3 heterocycles. The molecule has 1 spiro atoms. The molecule has 0 aromatic rings. The van der Waals surface area contributed by atoms with Crippen molar-refractivity contribution in [1.82, 2.24) is 10.2 Å². The summed E-state index contributed by atoms with van der Waals surface area (Å²) in [5.41, 5.74) is -1.02. The molecule has 2 bridgehead atoms. The van der Waals surface area contributed by atoms with Gasteiger partial charge in [-0.3, -0.25) is 14.4 Å². The number of likely N-dealkylation sites (tertiary alicyclic amines) is 1. The quantitative estimate of drug-likeness (QED) is 0.277.